The quantitative estimate of drug-likeness (QED) is 0.113. The molecule has 2 N–H and O–H groups in total. The van der Waals surface area contributed by atoms with Gasteiger partial charge in [0.1, 0.15) is 5.83 Å². The highest BCUT2D eigenvalue weighted by molar-refractivity contribution is 6.05. The smallest absolute Gasteiger partial charge is 0.303 e. The Bertz CT molecular complexity index is 1220. The maximum absolute atomic E-state index is 13.3. The Balaban J connectivity index is 0. The van der Waals surface area contributed by atoms with Gasteiger partial charge < -0.3 is 10.4 Å². The number of hydrogen-bond donors (Lipinski definition) is 2. The highest BCUT2D eigenvalue weighted by atomic mass is 19.1. The van der Waals surface area contributed by atoms with Crippen molar-refractivity contribution >= 4 is 35.2 Å². The van der Waals surface area contributed by atoms with Gasteiger partial charge in [0.2, 0.25) is 0 Å². The van der Waals surface area contributed by atoms with Gasteiger partial charge in [0.25, 0.3) is 5.91 Å². The highest BCUT2D eigenvalue weighted by Crippen LogP contribution is 2.30. The van der Waals surface area contributed by atoms with Gasteiger partial charge >= 0.3 is 5.97 Å². The number of carboxylic acid groups (broad SMARTS) is 1. The fourth-order valence-corrected chi connectivity index (χ4v) is 3.19. The van der Waals surface area contributed by atoms with E-state index in [1.54, 1.807) is 49.6 Å². The van der Waals surface area contributed by atoms with Gasteiger partial charge in [-0.2, -0.15) is 0 Å². The number of rotatable bonds is 16. The normalized spacial score (nSPS) is 12.5. The summed E-state index contributed by atoms with van der Waals surface area (Å²) in [6.07, 6.45) is 12.5. The van der Waals surface area contributed by atoms with Crippen LogP contribution < -0.4 is 5.32 Å². The van der Waals surface area contributed by atoms with Crippen LogP contribution in [0.4, 0.5) is 20.2 Å². The molecule has 0 aromatic heterocycles. The monoisotopic (exact) mass is 597 g/mol. The van der Waals surface area contributed by atoms with Gasteiger partial charge in [-0.3, -0.25) is 19.6 Å². The molecule has 6 nitrogen and oxygen atoms in total. The highest BCUT2D eigenvalue weighted by Gasteiger charge is 2.11. The van der Waals surface area contributed by atoms with Gasteiger partial charge in [0.05, 0.1) is 17.2 Å². The van der Waals surface area contributed by atoms with Crippen molar-refractivity contribution in [3.05, 3.63) is 96.2 Å². The summed E-state index contributed by atoms with van der Waals surface area (Å²) in [5.74, 6) is -2.00. The molecule has 0 bridgehead atoms. The van der Waals surface area contributed by atoms with Crippen LogP contribution in [0.2, 0.25) is 0 Å². The van der Waals surface area contributed by atoms with Crippen molar-refractivity contribution in [2.24, 2.45) is 9.98 Å². The molecule has 0 radical (unpaired) electrons. The molecule has 0 aliphatic carbocycles. The number of carbonyl (C=O) groups is 2. The van der Waals surface area contributed by atoms with Crippen LogP contribution in [0, 0.1) is 0 Å². The van der Waals surface area contributed by atoms with E-state index in [0.29, 0.717) is 53.9 Å². The molecule has 0 aliphatic heterocycles. The van der Waals surface area contributed by atoms with E-state index in [1.807, 2.05) is 34.6 Å². The number of unbranched alkanes of at least 4 members (excludes halogenated alkanes) is 2. The van der Waals surface area contributed by atoms with Crippen molar-refractivity contribution < 1.29 is 23.5 Å². The molecule has 0 saturated carbocycles. The van der Waals surface area contributed by atoms with Gasteiger partial charge in [-0.1, -0.05) is 71.6 Å². The number of aliphatic carboxylic acids is 1. The lowest BCUT2D eigenvalue weighted by Crippen LogP contribution is -2.24. The topological polar surface area (TPSA) is 91.1 Å². The average molecular weight is 598 g/mol. The summed E-state index contributed by atoms with van der Waals surface area (Å²) < 4.78 is 26.5. The predicted molar refractivity (Wildman–Crippen MR) is 179 cm³/mol. The summed E-state index contributed by atoms with van der Waals surface area (Å²) in [5, 5.41) is 11.6. The van der Waals surface area contributed by atoms with E-state index >= 15 is 0 Å². The molecule has 1 aromatic rings. The number of carboxylic acids is 1. The standard InChI is InChI=1S/C31H37F2N3O3.2C2H6/c1-6-24(15-14-23(5)32)27(8-3)36-28-18-16-25(20-29(28)34-19-11-9-10-12-30(37)38)31(39)35-21-22(4)13-17-26(33)7-2;2*1-2/h6-7,13-20H,1-2,8-12,21H2,3-5H3,(H,35,39)(H,37,38);2*1-2H3/b22-13+,23-14+,24-15+,26-17+,34-19?,36-27?;;. The molecule has 0 unspecified atom stereocenters. The van der Waals surface area contributed by atoms with E-state index in [9.17, 15) is 18.4 Å². The van der Waals surface area contributed by atoms with Crippen molar-refractivity contribution in [2.45, 2.75) is 80.6 Å². The number of amides is 1. The average Bonchev–Trinajstić information content (AvgIpc) is 3.01. The van der Waals surface area contributed by atoms with Gasteiger partial charge in [0, 0.05) is 30.5 Å². The van der Waals surface area contributed by atoms with Crippen molar-refractivity contribution in [2.75, 3.05) is 6.54 Å². The second-order valence-electron chi connectivity index (χ2n) is 8.60. The lowest BCUT2D eigenvalue weighted by Gasteiger charge is -2.10. The number of nitrogens with one attached hydrogen (secondary N) is 1. The fourth-order valence-electron chi connectivity index (χ4n) is 3.19. The largest absolute Gasteiger partial charge is 0.481 e. The van der Waals surface area contributed by atoms with Gasteiger partial charge in [0.15, 0.2) is 0 Å². The van der Waals surface area contributed by atoms with Crippen LogP contribution in [-0.4, -0.2) is 35.5 Å². The van der Waals surface area contributed by atoms with E-state index in [-0.39, 0.29) is 24.7 Å². The van der Waals surface area contributed by atoms with Crippen molar-refractivity contribution in [1.29, 1.82) is 0 Å². The number of carbonyl (C=O) groups excluding carboxylic acids is 1. The van der Waals surface area contributed by atoms with Crippen LogP contribution >= 0.6 is 0 Å². The van der Waals surface area contributed by atoms with Crippen LogP contribution in [0.3, 0.4) is 0 Å². The van der Waals surface area contributed by atoms with Gasteiger partial charge in [-0.05, 0) is 81.5 Å². The Morgan fingerprint density at radius 2 is 1.63 bits per heavy atom. The number of nitrogens with zero attached hydrogens (tertiary/aromatic N) is 2. The molecule has 1 aromatic carbocycles. The molecule has 1 rings (SSSR count). The second-order valence-corrected chi connectivity index (χ2v) is 8.60. The molecular weight excluding hydrogens is 548 g/mol. The third-order valence-corrected chi connectivity index (χ3v) is 5.33. The molecule has 0 spiro atoms. The number of benzene rings is 1. The molecule has 43 heavy (non-hydrogen) atoms. The SMILES string of the molecule is C=C/C(F)=C\C=C(/C)CNC(=O)c1ccc(N=C(CC)/C(C=C)=C/C=C(\C)F)c(N=CCCCCC(=O)O)c1.CC.CC. The maximum atomic E-state index is 13.3. The number of allylic oxidation sites excluding steroid dienone is 9. The van der Waals surface area contributed by atoms with Crippen LogP contribution in [0.15, 0.2) is 101 Å². The molecule has 0 fully saturated rings. The Morgan fingerprint density at radius 1 is 0.953 bits per heavy atom. The number of aliphatic imine (C=N–C) groups is 2. The van der Waals surface area contributed by atoms with Crippen LogP contribution in [0.5, 0.6) is 0 Å². The minimum atomic E-state index is -0.842. The lowest BCUT2D eigenvalue weighted by atomic mass is 10.1. The summed E-state index contributed by atoms with van der Waals surface area (Å²) in [6, 6.07) is 4.94. The molecule has 1 amide bonds. The molecule has 0 heterocycles. The Hall–Kier alpha value is -4.20. The summed E-state index contributed by atoms with van der Waals surface area (Å²) in [5.41, 5.74) is 3.40. The first-order valence-electron chi connectivity index (χ1n) is 14.7. The summed E-state index contributed by atoms with van der Waals surface area (Å²) >= 11 is 0. The number of hydrogen-bond acceptors (Lipinski definition) is 4. The first kappa shape index (κ1) is 40.9. The van der Waals surface area contributed by atoms with Gasteiger partial charge in [-0.15, -0.1) is 0 Å². The Morgan fingerprint density at radius 3 is 2.19 bits per heavy atom. The molecule has 0 aliphatic rings. The maximum Gasteiger partial charge on any atom is 0.303 e. The number of halogens is 2. The molecule has 0 atom stereocenters. The predicted octanol–water partition coefficient (Wildman–Crippen LogP) is 10.3. The summed E-state index contributed by atoms with van der Waals surface area (Å²) in [7, 11) is 0. The molecule has 0 saturated heterocycles. The molecular formula is C35H49F2N3O3. The van der Waals surface area contributed by atoms with Crippen LogP contribution in [0.25, 0.3) is 0 Å². The first-order valence-corrected chi connectivity index (χ1v) is 14.7. The molecule has 236 valence electrons. The van der Waals surface area contributed by atoms with E-state index in [4.69, 9.17) is 10.1 Å². The summed E-state index contributed by atoms with van der Waals surface area (Å²) in [4.78, 5) is 32.8. The minimum absolute atomic E-state index is 0.0895. The van der Waals surface area contributed by atoms with E-state index in [0.717, 1.165) is 11.6 Å². The minimum Gasteiger partial charge on any atom is -0.481 e. The second kappa shape index (κ2) is 25.5. The van der Waals surface area contributed by atoms with Gasteiger partial charge in [-0.25, -0.2) is 8.78 Å². The Labute approximate surface area is 257 Å². The third-order valence-electron chi connectivity index (χ3n) is 5.33. The zero-order valence-corrected chi connectivity index (χ0v) is 26.8. The Kier molecular flexibility index (Phi) is 24.3. The van der Waals surface area contributed by atoms with Crippen LogP contribution in [-0.2, 0) is 4.79 Å². The van der Waals surface area contributed by atoms with E-state index in [2.05, 4.69) is 23.5 Å². The van der Waals surface area contributed by atoms with Crippen molar-refractivity contribution in [3.63, 3.8) is 0 Å². The van der Waals surface area contributed by atoms with E-state index in [1.165, 1.54) is 19.1 Å². The lowest BCUT2D eigenvalue weighted by molar-refractivity contribution is -0.137. The zero-order chi connectivity index (χ0) is 33.2. The van der Waals surface area contributed by atoms with E-state index < -0.39 is 11.8 Å². The summed E-state index contributed by atoms with van der Waals surface area (Å²) in [6.45, 7) is 20.4. The first-order chi connectivity index (χ1) is 20.6. The third kappa shape index (κ3) is 18.8. The zero-order valence-electron chi connectivity index (χ0n) is 26.8. The molecule has 8 heteroatoms. The van der Waals surface area contributed by atoms with Crippen LogP contribution in [0.1, 0.15) is 90.9 Å². The fraction of sp³-hybridized carbons (Fsp3) is 0.371. The van der Waals surface area contributed by atoms with Crippen molar-refractivity contribution in [1.82, 2.24) is 5.32 Å². The van der Waals surface area contributed by atoms with Crippen molar-refractivity contribution in [3.8, 4) is 0 Å².